The number of hydrogen-bond donors (Lipinski definition) is 3. The van der Waals surface area contributed by atoms with Gasteiger partial charge in [0.25, 0.3) is 11.8 Å². The van der Waals surface area contributed by atoms with E-state index in [1.807, 2.05) is 25.1 Å². The van der Waals surface area contributed by atoms with Crippen LogP contribution in [-0.2, 0) is 6.42 Å². The highest BCUT2D eigenvalue weighted by atomic mass is 16.5. The fourth-order valence-corrected chi connectivity index (χ4v) is 2.98. The van der Waals surface area contributed by atoms with E-state index in [1.54, 1.807) is 29.7 Å². The normalized spacial score (nSPS) is 16.8. The highest BCUT2D eigenvalue weighted by Crippen LogP contribution is 2.37. The summed E-state index contributed by atoms with van der Waals surface area (Å²) in [5, 5.41) is 8.65. The van der Waals surface area contributed by atoms with Gasteiger partial charge < -0.3 is 10.5 Å². The van der Waals surface area contributed by atoms with Crippen LogP contribution < -0.4 is 16.0 Å². The monoisotopic (exact) mass is 326 g/mol. The Morgan fingerprint density at radius 1 is 1.25 bits per heavy atom. The Bertz CT molecular complexity index is 786. The lowest BCUT2D eigenvalue weighted by Gasteiger charge is -2.20. The summed E-state index contributed by atoms with van der Waals surface area (Å²) in [7, 11) is 0. The van der Waals surface area contributed by atoms with Crippen molar-refractivity contribution in [3.8, 4) is 5.75 Å². The second kappa shape index (κ2) is 6.33. The average molecular weight is 326 g/mol. The highest BCUT2D eigenvalue weighted by Gasteiger charge is 2.31. The lowest BCUT2D eigenvalue weighted by molar-refractivity contribution is 0.0706. The summed E-state index contributed by atoms with van der Waals surface area (Å²) in [5.41, 5.74) is 9.76. The van der Waals surface area contributed by atoms with E-state index in [4.69, 9.17) is 15.7 Å². The Labute approximate surface area is 139 Å². The van der Waals surface area contributed by atoms with Crippen LogP contribution >= 0.6 is 0 Å². The van der Waals surface area contributed by atoms with Crippen LogP contribution in [0.4, 0.5) is 0 Å². The number of rotatable bonds is 4. The van der Waals surface area contributed by atoms with Gasteiger partial charge in [-0.05, 0) is 29.3 Å². The third-order valence-corrected chi connectivity index (χ3v) is 4.41. The molecule has 4 N–H and O–H groups in total. The molecule has 2 aromatic rings. The molecular formula is C18H18N2O4. The highest BCUT2D eigenvalue weighted by molar-refractivity contribution is 5.96. The molecule has 24 heavy (non-hydrogen) atoms. The van der Waals surface area contributed by atoms with Gasteiger partial charge in [-0.1, -0.05) is 31.2 Å². The SMILES string of the molecule is CC(c1ccc(C(=O)NO)cc1)C1Cc2cccc(C(N)=O)c2O1. The second-order valence-electron chi connectivity index (χ2n) is 5.87. The molecule has 6 nitrogen and oxygen atoms in total. The van der Waals surface area contributed by atoms with E-state index < -0.39 is 11.8 Å². The lowest BCUT2D eigenvalue weighted by atomic mass is 9.92. The van der Waals surface area contributed by atoms with Gasteiger partial charge in [0.15, 0.2) is 0 Å². The smallest absolute Gasteiger partial charge is 0.274 e. The number of nitrogens with one attached hydrogen (secondary N) is 1. The van der Waals surface area contributed by atoms with Crippen LogP contribution in [0.25, 0.3) is 0 Å². The molecule has 0 fully saturated rings. The molecule has 0 aromatic heterocycles. The summed E-state index contributed by atoms with van der Waals surface area (Å²) < 4.78 is 5.99. The molecule has 2 unspecified atom stereocenters. The molecule has 0 spiro atoms. The van der Waals surface area contributed by atoms with Crippen molar-refractivity contribution in [3.05, 3.63) is 64.7 Å². The van der Waals surface area contributed by atoms with Gasteiger partial charge in [0.2, 0.25) is 0 Å². The molecule has 2 amide bonds. The molecule has 124 valence electrons. The van der Waals surface area contributed by atoms with Crippen LogP contribution in [0.2, 0.25) is 0 Å². The Hall–Kier alpha value is -2.86. The maximum atomic E-state index is 11.5. The van der Waals surface area contributed by atoms with Crippen LogP contribution in [0.1, 0.15) is 44.7 Å². The van der Waals surface area contributed by atoms with E-state index in [0.717, 1.165) is 11.1 Å². The van der Waals surface area contributed by atoms with Crippen molar-refractivity contribution < 1.29 is 19.5 Å². The zero-order valence-corrected chi connectivity index (χ0v) is 13.2. The zero-order chi connectivity index (χ0) is 17.3. The van der Waals surface area contributed by atoms with E-state index >= 15 is 0 Å². The molecule has 0 radical (unpaired) electrons. The summed E-state index contributed by atoms with van der Waals surface area (Å²) in [6.45, 7) is 2.03. The van der Waals surface area contributed by atoms with E-state index in [2.05, 4.69) is 0 Å². The number of hydrogen-bond acceptors (Lipinski definition) is 4. The predicted molar refractivity (Wildman–Crippen MR) is 87.2 cm³/mol. The minimum atomic E-state index is -0.551. The fourth-order valence-electron chi connectivity index (χ4n) is 2.98. The van der Waals surface area contributed by atoms with Gasteiger partial charge in [-0.2, -0.15) is 0 Å². The first-order valence-corrected chi connectivity index (χ1v) is 7.64. The average Bonchev–Trinajstić information content (AvgIpc) is 3.04. The van der Waals surface area contributed by atoms with Crippen LogP contribution in [0.5, 0.6) is 5.75 Å². The summed E-state index contributed by atoms with van der Waals surface area (Å²) in [6.07, 6.45) is 0.578. The minimum absolute atomic E-state index is 0.0596. The van der Waals surface area contributed by atoms with Gasteiger partial charge in [0.1, 0.15) is 11.9 Å². The zero-order valence-electron chi connectivity index (χ0n) is 13.2. The Balaban J connectivity index is 1.80. The van der Waals surface area contributed by atoms with Gasteiger partial charge in [-0.25, -0.2) is 5.48 Å². The van der Waals surface area contributed by atoms with Gasteiger partial charge in [0, 0.05) is 17.9 Å². The van der Waals surface area contributed by atoms with Crippen molar-refractivity contribution >= 4 is 11.8 Å². The van der Waals surface area contributed by atoms with Crippen LogP contribution in [0.15, 0.2) is 42.5 Å². The van der Waals surface area contributed by atoms with E-state index in [1.165, 1.54) is 0 Å². The van der Waals surface area contributed by atoms with Gasteiger partial charge in [-0.15, -0.1) is 0 Å². The Morgan fingerprint density at radius 3 is 2.58 bits per heavy atom. The number of ether oxygens (including phenoxy) is 1. The molecule has 1 heterocycles. The van der Waals surface area contributed by atoms with Crippen LogP contribution in [-0.4, -0.2) is 23.1 Å². The molecule has 2 aromatic carbocycles. The van der Waals surface area contributed by atoms with Crippen molar-refractivity contribution in [1.82, 2.24) is 5.48 Å². The minimum Gasteiger partial charge on any atom is -0.488 e. The van der Waals surface area contributed by atoms with Crippen molar-refractivity contribution in [1.29, 1.82) is 0 Å². The quantitative estimate of drug-likeness (QED) is 0.591. The number of primary amides is 1. The number of benzene rings is 2. The van der Waals surface area contributed by atoms with E-state index in [-0.39, 0.29) is 12.0 Å². The number of nitrogens with two attached hydrogens (primary N) is 1. The van der Waals surface area contributed by atoms with Crippen LogP contribution in [0, 0.1) is 0 Å². The number of amides is 2. The largest absolute Gasteiger partial charge is 0.488 e. The Kier molecular flexibility index (Phi) is 4.22. The second-order valence-corrected chi connectivity index (χ2v) is 5.87. The Morgan fingerprint density at radius 2 is 1.96 bits per heavy atom. The molecule has 6 heteroatoms. The summed E-state index contributed by atoms with van der Waals surface area (Å²) in [4.78, 5) is 22.9. The molecule has 0 saturated carbocycles. The molecule has 3 rings (SSSR count). The number of fused-ring (bicyclic) bond motifs is 1. The fraction of sp³-hybridized carbons (Fsp3) is 0.222. The first-order chi connectivity index (χ1) is 11.5. The van der Waals surface area contributed by atoms with E-state index in [9.17, 15) is 9.59 Å². The predicted octanol–water partition coefficient (Wildman–Crippen LogP) is 2.01. The van der Waals surface area contributed by atoms with E-state index in [0.29, 0.717) is 23.3 Å². The molecule has 2 atom stereocenters. The van der Waals surface area contributed by atoms with Crippen molar-refractivity contribution in [2.45, 2.75) is 25.4 Å². The van der Waals surface area contributed by atoms with Crippen LogP contribution in [0.3, 0.4) is 0 Å². The first kappa shape index (κ1) is 16.0. The van der Waals surface area contributed by atoms with Crippen molar-refractivity contribution in [3.63, 3.8) is 0 Å². The number of para-hydroxylation sites is 1. The van der Waals surface area contributed by atoms with Gasteiger partial charge >= 0.3 is 0 Å². The molecule has 0 bridgehead atoms. The summed E-state index contributed by atoms with van der Waals surface area (Å²) in [5.74, 6) is -0.424. The molecule has 0 saturated heterocycles. The number of hydroxylamine groups is 1. The number of carbonyl (C=O) groups is 2. The molecular weight excluding hydrogens is 308 g/mol. The topological polar surface area (TPSA) is 102 Å². The molecule has 0 aliphatic carbocycles. The molecule has 1 aliphatic rings. The summed E-state index contributed by atoms with van der Waals surface area (Å²) >= 11 is 0. The maximum absolute atomic E-state index is 11.5. The van der Waals surface area contributed by atoms with Crippen molar-refractivity contribution in [2.24, 2.45) is 5.73 Å². The van der Waals surface area contributed by atoms with Gasteiger partial charge in [0.05, 0.1) is 5.56 Å². The number of carbonyl (C=O) groups excluding carboxylic acids is 2. The maximum Gasteiger partial charge on any atom is 0.274 e. The third-order valence-electron chi connectivity index (χ3n) is 4.41. The van der Waals surface area contributed by atoms with Gasteiger partial charge in [-0.3, -0.25) is 14.8 Å². The first-order valence-electron chi connectivity index (χ1n) is 7.64. The lowest BCUT2D eigenvalue weighted by Crippen LogP contribution is -2.22. The standard InChI is InChI=1S/C18H18N2O4/c1-10(11-5-7-12(8-6-11)18(22)20-23)15-9-13-3-2-4-14(17(19)21)16(13)24-15/h2-8,10,15,23H,9H2,1H3,(H2,19,21)(H,20,22). The summed E-state index contributed by atoms with van der Waals surface area (Å²) in [6, 6.07) is 12.4. The third kappa shape index (κ3) is 2.83. The van der Waals surface area contributed by atoms with Crippen molar-refractivity contribution in [2.75, 3.05) is 0 Å². The molecule has 1 aliphatic heterocycles.